The molecule has 0 unspecified atom stereocenters. The van der Waals surface area contributed by atoms with Crippen molar-refractivity contribution in [1.29, 1.82) is 0 Å². The van der Waals surface area contributed by atoms with Gasteiger partial charge < -0.3 is 4.57 Å². The fourth-order valence-corrected chi connectivity index (χ4v) is 0.672. The van der Waals surface area contributed by atoms with Gasteiger partial charge in [-0.25, -0.2) is 4.79 Å². The van der Waals surface area contributed by atoms with Crippen molar-refractivity contribution < 1.29 is 0 Å². The maximum absolute atomic E-state index is 10.8. The van der Waals surface area contributed by atoms with Crippen molar-refractivity contribution in [2.45, 2.75) is 6.92 Å². The highest BCUT2D eigenvalue weighted by atomic mass is 35.5. The Morgan fingerprint density at radius 1 is 1.45 bits per heavy atom. The second-order valence-electron chi connectivity index (χ2n) is 2.14. The van der Waals surface area contributed by atoms with E-state index in [1.165, 1.54) is 10.6 Å². The summed E-state index contributed by atoms with van der Waals surface area (Å²) < 4.78 is 1.38. The summed E-state index contributed by atoms with van der Waals surface area (Å²) in [6.45, 7) is 1.70. The standard InChI is InChI=1S/C6H8N2O2.ClH/c1-4-3-5(9)7-6(10)8(4)2;/h3H,1-2H3,(H,7,9,10);1H. The number of rotatable bonds is 0. The smallest absolute Gasteiger partial charge is 0.301 e. The molecule has 0 bridgehead atoms. The number of nitrogens with one attached hydrogen (secondary N) is 1. The third-order valence-corrected chi connectivity index (χ3v) is 1.40. The van der Waals surface area contributed by atoms with Crippen LogP contribution in [-0.2, 0) is 7.05 Å². The molecular weight excluding hydrogens is 168 g/mol. The van der Waals surface area contributed by atoms with Gasteiger partial charge in [-0.3, -0.25) is 9.78 Å². The lowest BCUT2D eigenvalue weighted by Crippen LogP contribution is -2.28. The molecule has 11 heavy (non-hydrogen) atoms. The van der Waals surface area contributed by atoms with Gasteiger partial charge in [0.25, 0.3) is 5.56 Å². The van der Waals surface area contributed by atoms with Crippen LogP contribution in [0, 0.1) is 6.92 Å². The molecule has 0 amide bonds. The van der Waals surface area contributed by atoms with E-state index >= 15 is 0 Å². The number of aromatic amines is 1. The summed E-state index contributed by atoms with van der Waals surface area (Å²) >= 11 is 0. The Balaban J connectivity index is 0.000001000. The molecule has 0 aliphatic carbocycles. The summed E-state index contributed by atoms with van der Waals surface area (Å²) in [5, 5.41) is 0. The van der Waals surface area contributed by atoms with E-state index in [1.54, 1.807) is 14.0 Å². The first-order valence-corrected chi connectivity index (χ1v) is 2.88. The maximum atomic E-state index is 10.8. The number of halogens is 1. The van der Waals surface area contributed by atoms with Crippen molar-refractivity contribution in [3.8, 4) is 0 Å². The molecule has 1 heterocycles. The number of hydrogen-bond donors (Lipinski definition) is 1. The molecule has 0 radical (unpaired) electrons. The van der Waals surface area contributed by atoms with Crippen LogP contribution >= 0.6 is 12.4 Å². The number of aryl methyl sites for hydroxylation is 1. The molecule has 1 N–H and O–H groups in total. The van der Waals surface area contributed by atoms with E-state index in [-0.39, 0.29) is 23.7 Å². The molecule has 0 saturated carbocycles. The van der Waals surface area contributed by atoms with Crippen LogP contribution in [0.1, 0.15) is 5.69 Å². The van der Waals surface area contributed by atoms with E-state index in [1.807, 2.05) is 0 Å². The lowest BCUT2D eigenvalue weighted by atomic mass is 10.4. The Hall–Kier alpha value is -1.03. The van der Waals surface area contributed by atoms with Gasteiger partial charge in [-0.2, -0.15) is 0 Å². The minimum absolute atomic E-state index is 0. The van der Waals surface area contributed by atoms with Gasteiger partial charge in [0, 0.05) is 18.8 Å². The summed E-state index contributed by atoms with van der Waals surface area (Å²) in [6.07, 6.45) is 0. The zero-order valence-corrected chi connectivity index (χ0v) is 7.07. The highest BCUT2D eigenvalue weighted by Gasteiger charge is 1.93. The Labute approximate surface area is 69.3 Å². The third-order valence-electron chi connectivity index (χ3n) is 1.40. The zero-order chi connectivity index (χ0) is 7.72. The molecule has 0 aromatic carbocycles. The summed E-state index contributed by atoms with van der Waals surface area (Å²) in [5.41, 5.74) is -0.0562. The van der Waals surface area contributed by atoms with Crippen molar-refractivity contribution in [3.63, 3.8) is 0 Å². The topological polar surface area (TPSA) is 54.9 Å². The first kappa shape index (κ1) is 9.97. The van der Waals surface area contributed by atoms with Gasteiger partial charge in [0.15, 0.2) is 0 Å². The summed E-state index contributed by atoms with van der Waals surface area (Å²) in [5.74, 6) is 0. The van der Waals surface area contributed by atoms with Crippen molar-refractivity contribution in [3.05, 3.63) is 32.6 Å². The third kappa shape index (κ3) is 1.94. The molecule has 0 spiro atoms. The van der Waals surface area contributed by atoms with Crippen LogP contribution in [0.2, 0.25) is 0 Å². The summed E-state index contributed by atoms with van der Waals surface area (Å²) in [6, 6.07) is 1.38. The van der Waals surface area contributed by atoms with Crippen LogP contribution in [0.4, 0.5) is 0 Å². The molecule has 0 aliphatic heterocycles. The Morgan fingerprint density at radius 2 is 2.00 bits per heavy atom. The van der Waals surface area contributed by atoms with Gasteiger partial charge in [0.05, 0.1) is 0 Å². The van der Waals surface area contributed by atoms with Gasteiger partial charge in [-0.15, -0.1) is 12.4 Å². The average molecular weight is 177 g/mol. The second-order valence-corrected chi connectivity index (χ2v) is 2.14. The van der Waals surface area contributed by atoms with Gasteiger partial charge in [0.1, 0.15) is 0 Å². The normalized spacial score (nSPS) is 8.91. The van der Waals surface area contributed by atoms with Crippen LogP contribution < -0.4 is 11.2 Å². The molecule has 4 nitrogen and oxygen atoms in total. The molecule has 1 aromatic heterocycles. The van der Waals surface area contributed by atoms with E-state index in [2.05, 4.69) is 4.98 Å². The maximum Gasteiger partial charge on any atom is 0.328 e. The predicted molar refractivity (Wildman–Crippen MR) is 44.3 cm³/mol. The first-order chi connectivity index (χ1) is 4.61. The Kier molecular flexibility index (Phi) is 3.07. The fourth-order valence-electron chi connectivity index (χ4n) is 0.672. The van der Waals surface area contributed by atoms with Gasteiger partial charge in [-0.1, -0.05) is 0 Å². The average Bonchev–Trinajstić information content (AvgIpc) is 1.82. The molecule has 0 atom stereocenters. The van der Waals surface area contributed by atoms with Gasteiger partial charge in [-0.05, 0) is 6.92 Å². The minimum Gasteiger partial charge on any atom is -0.301 e. The minimum atomic E-state index is -0.370. The first-order valence-electron chi connectivity index (χ1n) is 2.88. The predicted octanol–water partition coefficient (Wildman–Crippen LogP) is -0.196. The monoisotopic (exact) mass is 176 g/mol. The molecule has 62 valence electrons. The van der Waals surface area contributed by atoms with Crippen LogP contribution in [0.3, 0.4) is 0 Å². The van der Waals surface area contributed by atoms with Gasteiger partial charge >= 0.3 is 5.69 Å². The SMILES string of the molecule is Cc1cc(=O)[nH]c(=O)n1C.Cl. The fraction of sp³-hybridized carbons (Fsp3) is 0.333. The van der Waals surface area contributed by atoms with Crippen molar-refractivity contribution in [2.75, 3.05) is 0 Å². The van der Waals surface area contributed by atoms with E-state index in [4.69, 9.17) is 0 Å². The van der Waals surface area contributed by atoms with Crippen LogP contribution in [0.5, 0.6) is 0 Å². The van der Waals surface area contributed by atoms with Crippen molar-refractivity contribution in [2.24, 2.45) is 7.05 Å². The molecule has 0 fully saturated rings. The summed E-state index contributed by atoms with van der Waals surface area (Å²) in [7, 11) is 1.60. The van der Waals surface area contributed by atoms with Gasteiger partial charge in [0.2, 0.25) is 0 Å². The number of H-pyrrole nitrogens is 1. The quantitative estimate of drug-likeness (QED) is 0.596. The Morgan fingerprint density at radius 3 is 2.45 bits per heavy atom. The van der Waals surface area contributed by atoms with E-state index in [0.29, 0.717) is 5.69 Å². The molecule has 0 saturated heterocycles. The molecule has 1 aromatic rings. The van der Waals surface area contributed by atoms with E-state index in [0.717, 1.165) is 0 Å². The molecular formula is C6H9ClN2O2. The second kappa shape index (κ2) is 3.39. The number of nitrogens with zero attached hydrogens (tertiary/aromatic N) is 1. The number of hydrogen-bond acceptors (Lipinski definition) is 2. The number of aromatic nitrogens is 2. The Bertz CT molecular complexity index is 352. The van der Waals surface area contributed by atoms with E-state index in [9.17, 15) is 9.59 Å². The lowest BCUT2D eigenvalue weighted by molar-refractivity contribution is 0.765. The van der Waals surface area contributed by atoms with E-state index < -0.39 is 0 Å². The molecule has 5 heteroatoms. The van der Waals surface area contributed by atoms with Crippen LogP contribution in [0.15, 0.2) is 15.7 Å². The molecule has 0 aliphatic rings. The van der Waals surface area contributed by atoms with Crippen molar-refractivity contribution >= 4 is 12.4 Å². The highest BCUT2D eigenvalue weighted by Crippen LogP contribution is 1.81. The van der Waals surface area contributed by atoms with Crippen LogP contribution in [0.25, 0.3) is 0 Å². The van der Waals surface area contributed by atoms with Crippen molar-refractivity contribution in [1.82, 2.24) is 9.55 Å². The lowest BCUT2D eigenvalue weighted by Gasteiger charge is -1.97. The molecule has 1 rings (SSSR count). The zero-order valence-electron chi connectivity index (χ0n) is 6.25. The highest BCUT2D eigenvalue weighted by molar-refractivity contribution is 5.85. The summed E-state index contributed by atoms with van der Waals surface area (Å²) in [4.78, 5) is 23.5. The largest absolute Gasteiger partial charge is 0.328 e. The van der Waals surface area contributed by atoms with Crippen LogP contribution in [-0.4, -0.2) is 9.55 Å².